The van der Waals surface area contributed by atoms with E-state index < -0.39 is 10.0 Å². The maximum atomic E-state index is 12.8. The van der Waals surface area contributed by atoms with E-state index in [1.165, 1.54) is 23.7 Å². The molecule has 0 saturated heterocycles. The molecule has 3 aromatic rings. The number of ether oxygens (including phenoxy) is 2. The van der Waals surface area contributed by atoms with Gasteiger partial charge in [0.1, 0.15) is 17.3 Å². The number of hydrogen-bond donors (Lipinski definition) is 2. The first-order chi connectivity index (χ1) is 15.4. The number of sulfonamides is 1. The maximum absolute atomic E-state index is 12.8. The van der Waals surface area contributed by atoms with Crippen LogP contribution in [0.3, 0.4) is 0 Å². The first kappa shape index (κ1) is 24.0. The van der Waals surface area contributed by atoms with Crippen LogP contribution in [-0.2, 0) is 16.4 Å². The average Bonchev–Trinajstić information content (AvgIpc) is 3.25. The highest BCUT2D eigenvalue weighted by Gasteiger charge is 2.20. The number of methoxy groups -OCH3 is 2. The molecule has 1 aromatic heterocycles. The Bertz CT molecular complexity index is 1080. The molecule has 3 rings (SSSR count). The normalized spacial score (nSPS) is 12.3. The van der Waals surface area contributed by atoms with Crippen LogP contribution in [0.4, 0.5) is 5.13 Å². The topological polar surface area (TPSA) is 102 Å². The van der Waals surface area contributed by atoms with Crippen molar-refractivity contribution >= 4 is 26.7 Å². The summed E-state index contributed by atoms with van der Waals surface area (Å²) in [6.45, 7) is 2.44. The van der Waals surface area contributed by atoms with Crippen molar-refractivity contribution in [1.29, 1.82) is 0 Å². The summed E-state index contributed by atoms with van der Waals surface area (Å²) >= 11 is 1.27. The molecule has 0 aliphatic carbocycles. The van der Waals surface area contributed by atoms with Gasteiger partial charge < -0.3 is 14.8 Å². The van der Waals surface area contributed by atoms with Crippen LogP contribution in [0.15, 0.2) is 53.4 Å². The van der Waals surface area contributed by atoms with Gasteiger partial charge in [-0.15, -0.1) is 0 Å². The zero-order valence-electron chi connectivity index (χ0n) is 18.4. The van der Waals surface area contributed by atoms with Gasteiger partial charge in [-0.05, 0) is 48.4 Å². The van der Waals surface area contributed by atoms with Gasteiger partial charge in [0.2, 0.25) is 15.2 Å². The number of rotatable bonds is 12. The van der Waals surface area contributed by atoms with Gasteiger partial charge in [-0.3, -0.25) is 0 Å². The van der Waals surface area contributed by atoms with E-state index in [2.05, 4.69) is 19.4 Å². The van der Waals surface area contributed by atoms with E-state index in [4.69, 9.17) is 9.47 Å². The standard InChI is InChI=1S/C22H28N4O4S2/c1-4-5-17(26-32(27,28)20-12-10-19(30-3)11-13-20)15-23-22-24-21(25-31-22)14-16-6-8-18(29-2)9-7-16/h6-13,17,26H,4-5,14-15H2,1-3H3,(H,23,24,25). The summed E-state index contributed by atoms with van der Waals surface area (Å²) in [5.41, 5.74) is 1.09. The van der Waals surface area contributed by atoms with E-state index in [1.807, 2.05) is 31.2 Å². The largest absolute Gasteiger partial charge is 0.497 e. The van der Waals surface area contributed by atoms with Crippen molar-refractivity contribution < 1.29 is 17.9 Å². The van der Waals surface area contributed by atoms with Crippen LogP contribution in [0, 0.1) is 0 Å². The lowest BCUT2D eigenvalue weighted by Gasteiger charge is -2.18. The lowest BCUT2D eigenvalue weighted by Crippen LogP contribution is -2.39. The Morgan fingerprint density at radius 2 is 1.62 bits per heavy atom. The molecule has 0 aliphatic heterocycles. The quantitative estimate of drug-likeness (QED) is 0.411. The molecule has 172 valence electrons. The van der Waals surface area contributed by atoms with Crippen molar-refractivity contribution in [3.63, 3.8) is 0 Å². The van der Waals surface area contributed by atoms with Crippen molar-refractivity contribution in [3.05, 3.63) is 59.9 Å². The van der Waals surface area contributed by atoms with Crippen LogP contribution in [0.2, 0.25) is 0 Å². The number of aromatic nitrogens is 2. The van der Waals surface area contributed by atoms with Crippen molar-refractivity contribution in [2.24, 2.45) is 0 Å². The van der Waals surface area contributed by atoms with E-state index in [9.17, 15) is 8.42 Å². The summed E-state index contributed by atoms with van der Waals surface area (Å²) < 4.78 is 43.0. The molecule has 32 heavy (non-hydrogen) atoms. The van der Waals surface area contributed by atoms with Crippen molar-refractivity contribution in [3.8, 4) is 11.5 Å². The van der Waals surface area contributed by atoms with E-state index in [0.717, 1.165) is 17.7 Å². The van der Waals surface area contributed by atoms with Crippen molar-refractivity contribution in [1.82, 2.24) is 14.1 Å². The summed E-state index contributed by atoms with van der Waals surface area (Å²) in [6, 6.07) is 13.8. The Morgan fingerprint density at radius 1 is 1.00 bits per heavy atom. The van der Waals surface area contributed by atoms with Gasteiger partial charge in [0.05, 0.1) is 19.1 Å². The second kappa shape index (κ2) is 11.3. The predicted octanol–water partition coefficient (Wildman–Crippen LogP) is 3.71. The molecule has 0 spiro atoms. The van der Waals surface area contributed by atoms with Crippen molar-refractivity contribution in [2.75, 3.05) is 26.1 Å². The van der Waals surface area contributed by atoms with Gasteiger partial charge in [0, 0.05) is 30.5 Å². The molecule has 0 bridgehead atoms. The fraction of sp³-hybridized carbons (Fsp3) is 0.364. The molecule has 8 nitrogen and oxygen atoms in total. The lowest BCUT2D eigenvalue weighted by atomic mass is 10.1. The third kappa shape index (κ3) is 6.65. The van der Waals surface area contributed by atoms with E-state index in [0.29, 0.717) is 36.1 Å². The van der Waals surface area contributed by atoms with Crippen molar-refractivity contribution in [2.45, 2.75) is 37.1 Å². The number of nitrogens with zero attached hydrogens (tertiary/aromatic N) is 2. The van der Waals surface area contributed by atoms with E-state index >= 15 is 0 Å². The molecule has 0 amide bonds. The van der Waals surface area contributed by atoms with Crippen LogP contribution in [-0.4, -0.2) is 44.6 Å². The summed E-state index contributed by atoms with van der Waals surface area (Å²) in [5.74, 6) is 2.13. The third-order valence-corrected chi connectivity index (χ3v) is 7.06. The third-order valence-electron chi connectivity index (χ3n) is 4.82. The number of anilines is 1. The SMILES string of the molecule is CCCC(CNc1nc(Cc2ccc(OC)cc2)ns1)NS(=O)(=O)c1ccc(OC)cc1. The highest BCUT2D eigenvalue weighted by atomic mass is 32.2. The Kier molecular flexibility index (Phi) is 8.43. The summed E-state index contributed by atoms with van der Waals surface area (Å²) in [6.07, 6.45) is 2.15. The van der Waals surface area contributed by atoms with Crippen LogP contribution in [0.25, 0.3) is 0 Å². The molecule has 10 heteroatoms. The first-order valence-electron chi connectivity index (χ1n) is 10.3. The minimum atomic E-state index is -3.64. The predicted molar refractivity (Wildman–Crippen MR) is 126 cm³/mol. The average molecular weight is 477 g/mol. The highest BCUT2D eigenvalue weighted by molar-refractivity contribution is 7.89. The van der Waals surface area contributed by atoms with Crippen LogP contribution >= 0.6 is 11.5 Å². The molecule has 2 aromatic carbocycles. The molecule has 0 fully saturated rings. The zero-order valence-corrected chi connectivity index (χ0v) is 20.0. The van der Waals surface area contributed by atoms with E-state index in [-0.39, 0.29) is 10.9 Å². The molecule has 1 heterocycles. The van der Waals surface area contributed by atoms with Crippen LogP contribution in [0.5, 0.6) is 11.5 Å². The van der Waals surface area contributed by atoms with Gasteiger partial charge in [-0.2, -0.15) is 4.37 Å². The van der Waals surface area contributed by atoms with Gasteiger partial charge in [0.15, 0.2) is 0 Å². The molecular weight excluding hydrogens is 448 g/mol. The lowest BCUT2D eigenvalue weighted by molar-refractivity contribution is 0.414. The molecule has 0 saturated carbocycles. The number of nitrogens with one attached hydrogen (secondary N) is 2. The van der Waals surface area contributed by atoms with Crippen LogP contribution in [0.1, 0.15) is 31.2 Å². The Labute approximate surface area is 193 Å². The molecule has 1 unspecified atom stereocenters. The summed E-state index contributed by atoms with van der Waals surface area (Å²) in [4.78, 5) is 4.73. The van der Waals surface area contributed by atoms with Crippen LogP contribution < -0.4 is 19.5 Å². The number of benzene rings is 2. The van der Waals surface area contributed by atoms with Gasteiger partial charge in [-0.25, -0.2) is 18.1 Å². The van der Waals surface area contributed by atoms with E-state index in [1.54, 1.807) is 26.4 Å². The minimum Gasteiger partial charge on any atom is -0.497 e. The fourth-order valence-electron chi connectivity index (χ4n) is 3.13. The Balaban J connectivity index is 1.59. The second-order valence-corrected chi connectivity index (χ2v) is 9.67. The maximum Gasteiger partial charge on any atom is 0.240 e. The Morgan fingerprint density at radius 3 is 2.22 bits per heavy atom. The number of hydrogen-bond acceptors (Lipinski definition) is 8. The molecule has 0 aliphatic rings. The highest BCUT2D eigenvalue weighted by Crippen LogP contribution is 2.18. The minimum absolute atomic E-state index is 0.206. The second-order valence-electron chi connectivity index (χ2n) is 7.20. The van der Waals surface area contributed by atoms with Gasteiger partial charge in [0.25, 0.3) is 0 Å². The Hall–Kier alpha value is -2.69. The smallest absolute Gasteiger partial charge is 0.240 e. The molecule has 2 N–H and O–H groups in total. The first-order valence-corrected chi connectivity index (χ1v) is 12.5. The summed E-state index contributed by atoms with van der Waals surface area (Å²) in [7, 11) is -0.462. The molecule has 0 radical (unpaired) electrons. The molecular formula is C22H28N4O4S2. The zero-order chi connectivity index (χ0) is 23.0. The fourth-order valence-corrected chi connectivity index (χ4v) is 4.99. The molecule has 1 atom stereocenters. The summed E-state index contributed by atoms with van der Waals surface area (Å²) in [5, 5.41) is 3.89. The van der Waals surface area contributed by atoms with Gasteiger partial charge >= 0.3 is 0 Å². The van der Waals surface area contributed by atoms with Gasteiger partial charge in [-0.1, -0.05) is 25.5 Å². The monoisotopic (exact) mass is 476 g/mol.